The molecular formula is C25H25NO3. The summed E-state index contributed by atoms with van der Waals surface area (Å²) in [4.78, 5) is 12.8. The van der Waals surface area contributed by atoms with Crippen LogP contribution in [0.2, 0.25) is 0 Å². The van der Waals surface area contributed by atoms with Crippen molar-refractivity contribution in [1.82, 2.24) is 0 Å². The van der Waals surface area contributed by atoms with Crippen LogP contribution in [-0.2, 0) is 9.53 Å². The van der Waals surface area contributed by atoms with Gasteiger partial charge in [0.1, 0.15) is 17.6 Å². The Morgan fingerprint density at radius 2 is 1.86 bits per heavy atom. The Kier molecular flexibility index (Phi) is 5.15. The van der Waals surface area contributed by atoms with Gasteiger partial charge in [-0.25, -0.2) is 0 Å². The maximum atomic E-state index is 12.8. The lowest BCUT2D eigenvalue weighted by Gasteiger charge is -2.16. The van der Waals surface area contributed by atoms with Gasteiger partial charge in [0.25, 0.3) is 0 Å². The van der Waals surface area contributed by atoms with Gasteiger partial charge in [0.05, 0.1) is 5.92 Å². The first-order valence-corrected chi connectivity index (χ1v) is 10.1. The van der Waals surface area contributed by atoms with Crippen LogP contribution in [0.5, 0.6) is 11.5 Å². The fourth-order valence-corrected chi connectivity index (χ4v) is 3.96. The predicted octanol–water partition coefficient (Wildman–Crippen LogP) is 5.97. The fourth-order valence-electron chi connectivity index (χ4n) is 3.96. The SMILES string of the molecule is CC1(C)[C@H](C(=O)O[C@H](C#N)c2cccc(Oc3ccccc3)c2)[C@@H]1C=C1CCC1. The normalized spacial score (nSPS) is 22.6. The molecule has 3 atom stereocenters. The number of carbonyl (C=O) groups is 1. The molecule has 4 rings (SSSR count). The predicted molar refractivity (Wildman–Crippen MR) is 110 cm³/mol. The maximum Gasteiger partial charge on any atom is 0.311 e. The van der Waals surface area contributed by atoms with Gasteiger partial charge in [-0.15, -0.1) is 0 Å². The van der Waals surface area contributed by atoms with Gasteiger partial charge < -0.3 is 9.47 Å². The van der Waals surface area contributed by atoms with E-state index in [0.717, 1.165) is 12.8 Å². The van der Waals surface area contributed by atoms with E-state index < -0.39 is 6.10 Å². The first-order valence-electron chi connectivity index (χ1n) is 10.1. The average Bonchev–Trinajstić information content (AvgIpc) is 3.24. The van der Waals surface area contributed by atoms with Gasteiger partial charge in [-0.3, -0.25) is 4.79 Å². The third kappa shape index (κ3) is 4.05. The van der Waals surface area contributed by atoms with Gasteiger partial charge in [-0.2, -0.15) is 5.26 Å². The largest absolute Gasteiger partial charge is 0.457 e. The van der Waals surface area contributed by atoms with Crippen LogP contribution in [0.25, 0.3) is 0 Å². The molecule has 0 bridgehead atoms. The molecule has 2 aliphatic carbocycles. The van der Waals surface area contributed by atoms with Crippen molar-refractivity contribution in [2.75, 3.05) is 0 Å². The van der Waals surface area contributed by atoms with E-state index in [0.29, 0.717) is 17.1 Å². The third-order valence-electron chi connectivity index (χ3n) is 6.07. The summed E-state index contributed by atoms with van der Waals surface area (Å²) in [7, 11) is 0. The number of ether oxygens (including phenoxy) is 2. The van der Waals surface area contributed by atoms with Crippen molar-refractivity contribution in [3.05, 3.63) is 71.8 Å². The third-order valence-corrected chi connectivity index (χ3v) is 6.07. The summed E-state index contributed by atoms with van der Waals surface area (Å²) >= 11 is 0. The standard InChI is InChI=1S/C25H25NO3/c1-25(2)21(14-17-8-6-9-17)23(25)24(27)29-22(16-26)18-10-7-13-20(15-18)28-19-11-4-3-5-12-19/h3-5,7,10-15,21-23H,6,8-9H2,1-2H3/t21-,22+,23-/m0/s1. The zero-order chi connectivity index (χ0) is 20.4. The van der Waals surface area contributed by atoms with Crippen molar-refractivity contribution >= 4 is 5.97 Å². The number of para-hydroxylation sites is 1. The monoisotopic (exact) mass is 387 g/mol. The Morgan fingerprint density at radius 1 is 1.14 bits per heavy atom. The Hall–Kier alpha value is -3.06. The number of esters is 1. The highest BCUT2D eigenvalue weighted by atomic mass is 16.5. The first kappa shape index (κ1) is 19.3. The van der Waals surface area contributed by atoms with Gasteiger partial charge in [0.2, 0.25) is 6.10 Å². The number of hydrogen-bond donors (Lipinski definition) is 0. The van der Waals surface area contributed by atoms with Crippen molar-refractivity contribution in [2.45, 2.75) is 39.2 Å². The van der Waals surface area contributed by atoms with Crippen LogP contribution in [0, 0.1) is 28.6 Å². The number of rotatable bonds is 6. The Morgan fingerprint density at radius 3 is 2.52 bits per heavy atom. The molecule has 0 radical (unpaired) electrons. The second-order valence-corrected chi connectivity index (χ2v) is 8.44. The molecule has 0 spiro atoms. The Labute approximate surface area is 171 Å². The molecule has 0 N–H and O–H groups in total. The summed E-state index contributed by atoms with van der Waals surface area (Å²) in [6.45, 7) is 4.18. The van der Waals surface area contributed by atoms with Crippen LogP contribution in [0.3, 0.4) is 0 Å². The van der Waals surface area contributed by atoms with Crippen LogP contribution in [-0.4, -0.2) is 5.97 Å². The summed E-state index contributed by atoms with van der Waals surface area (Å²) < 4.78 is 11.5. The molecule has 2 aromatic rings. The lowest BCUT2D eigenvalue weighted by Crippen LogP contribution is -2.14. The van der Waals surface area contributed by atoms with Crippen molar-refractivity contribution in [2.24, 2.45) is 17.3 Å². The van der Waals surface area contributed by atoms with Crippen LogP contribution >= 0.6 is 0 Å². The maximum absolute atomic E-state index is 12.8. The van der Waals surface area contributed by atoms with Crippen LogP contribution in [0.15, 0.2) is 66.2 Å². The minimum Gasteiger partial charge on any atom is -0.457 e. The van der Waals surface area contributed by atoms with Crippen LogP contribution in [0.4, 0.5) is 0 Å². The van der Waals surface area contributed by atoms with Gasteiger partial charge >= 0.3 is 5.97 Å². The van der Waals surface area contributed by atoms with E-state index in [1.54, 1.807) is 18.2 Å². The van der Waals surface area contributed by atoms with E-state index in [2.05, 4.69) is 26.0 Å². The second kappa shape index (κ2) is 7.75. The summed E-state index contributed by atoms with van der Waals surface area (Å²) in [5.74, 6) is 1.04. The number of hydrogen-bond acceptors (Lipinski definition) is 4. The zero-order valence-corrected chi connectivity index (χ0v) is 16.8. The molecule has 4 heteroatoms. The van der Waals surface area contributed by atoms with E-state index in [1.165, 1.54) is 12.0 Å². The molecule has 4 nitrogen and oxygen atoms in total. The van der Waals surface area contributed by atoms with E-state index >= 15 is 0 Å². The first-order chi connectivity index (χ1) is 14.0. The van der Waals surface area contributed by atoms with Gasteiger partial charge in [-0.05, 0) is 54.9 Å². The number of benzene rings is 2. The highest BCUT2D eigenvalue weighted by Crippen LogP contribution is 2.60. The lowest BCUT2D eigenvalue weighted by atomic mass is 9.90. The Balaban J connectivity index is 1.45. The number of carbonyl (C=O) groups excluding carboxylic acids is 1. The van der Waals surface area contributed by atoms with Crippen molar-refractivity contribution < 1.29 is 14.3 Å². The molecule has 2 aromatic carbocycles. The Bertz CT molecular complexity index is 965. The fraction of sp³-hybridized carbons (Fsp3) is 0.360. The molecule has 2 saturated carbocycles. The van der Waals surface area contributed by atoms with Crippen molar-refractivity contribution in [3.8, 4) is 17.6 Å². The molecule has 0 aliphatic heterocycles. The molecule has 29 heavy (non-hydrogen) atoms. The number of allylic oxidation sites excluding steroid dienone is 2. The molecule has 2 aliphatic rings. The van der Waals surface area contributed by atoms with E-state index in [4.69, 9.17) is 9.47 Å². The zero-order valence-electron chi connectivity index (χ0n) is 16.8. The number of nitriles is 1. The average molecular weight is 387 g/mol. The van der Waals surface area contributed by atoms with E-state index in [1.807, 2.05) is 36.4 Å². The van der Waals surface area contributed by atoms with Crippen LogP contribution in [0.1, 0.15) is 44.8 Å². The smallest absolute Gasteiger partial charge is 0.311 e. The summed E-state index contributed by atoms with van der Waals surface area (Å²) in [5.41, 5.74) is 1.94. The highest BCUT2D eigenvalue weighted by Gasteiger charge is 2.61. The topological polar surface area (TPSA) is 59.3 Å². The molecule has 0 saturated heterocycles. The molecule has 0 amide bonds. The lowest BCUT2D eigenvalue weighted by molar-refractivity contribution is -0.149. The molecular weight excluding hydrogens is 362 g/mol. The van der Waals surface area contributed by atoms with Crippen molar-refractivity contribution in [3.63, 3.8) is 0 Å². The van der Waals surface area contributed by atoms with Gasteiger partial charge in [-0.1, -0.05) is 55.8 Å². The highest BCUT2D eigenvalue weighted by molar-refractivity contribution is 5.78. The summed E-state index contributed by atoms with van der Waals surface area (Å²) in [6, 6.07) is 18.7. The quantitative estimate of drug-likeness (QED) is 0.453. The summed E-state index contributed by atoms with van der Waals surface area (Å²) in [5, 5.41) is 9.62. The van der Waals surface area contributed by atoms with Crippen LogP contribution < -0.4 is 4.74 Å². The van der Waals surface area contributed by atoms with E-state index in [9.17, 15) is 10.1 Å². The van der Waals surface area contributed by atoms with Crippen molar-refractivity contribution in [1.29, 1.82) is 5.26 Å². The second-order valence-electron chi connectivity index (χ2n) is 8.44. The molecule has 148 valence electrons. The minimum absolute atomic E-state index is 0.113. The molecule has 2 fully saturated rings. The van der Waals surface area contributed by atoms with E-state index in [-0.39, 0.29) is 23.2 Å². The molecule has 0 unspecified atom stereocenters. The van der Waals surface area contributed by atoms with Gasteiger partial charge in [0.15, 0.2) is 0 Å². The summed E-state index contributed by atoms with van der Waals surface area (Å²) in [6.07, 6.45) is 4.83. The minimum atomic E-state index is -0.949. The van der Waals surface area contributed by atoms with Gasteiger partial charge in [0, 0.05) is 5.56 Å². The molecule has 0 heterocycles. The molecule has 0 aromatic heterocycles. The number of nitrogens with zero attached hydrogens (tertiary/aromatic N) is 1.